The number of amides is 1. The number of alkyl carbamates (subject to hydrolysis) is 1. The van der Waals surface area contributed by atoms with Crippen LogP contribution in [0.3, 0.4) is 0 Å². The summed E-state index contributed by atoms with van der Waals surface area (Å²) < 4.78 is 6.45. The molecule has 0 saturated carbocycles. The minimum Gasteiger partial charge on any atom is -0.444 e. The van der Waals surface area contributed by atoms with E-state index >= 15 is 0 Å². The number of carbonyl (C=O) groups is 1. The lowest BCUT2D eigenvalue weighted by atomic mass is 10.2. The van der Waals surface area contributed by atoms with E-state index in [2.05, 4.69) is 23.2 Å². The van der Waals surface area contributed by atoms with E-state index in [0.29, 0.717) is 6.54 Å². The van der Waals surface area contributed by atoms with Gasteiger partial charge in [0.15, 0.2) is 0 Å². The molecule has 1 amide bonds. The largest absolute Gasteiger partial charge is 0.444 e. The van der Waals surface area contributed by atoms with Crippen LogP contribution >= 0.6 is 12.8 Å². The molecule has 1 rings (SSSR count). The summed E-state index contributed by atoms with van der Waals surface area (Å²) in [7, 11) is 0. The third kappa shape index (κ3) is 4.73. The molecular formula is C9H15N3O2S. The van der Waals surface area contributed by atoms with Gasteiger partial charge < -0.3 is 10.1 Å². The molecule has 0 spiro atoms. The standard InChI is InChI=1S/C9H15N3O2S/c1-9(2,3)14-8(13)10-4-7-5-11-12(15)6-7/h5-6,15H,4H2,1-3H3,(H,10,13). The zero-order chi connectivity index (χ0) is 11.5. The van der Waals surface area contributed by atoms with Crippen LogP contribution < -0.4 is 5.32 Å². The van der Waals surface area contributed by atoms with Gasteiger partial charge in [-0.1, -0.05) is 0 Å². The first-order chi connectivity index (χ1) is 6.87. The summed E-state index contributed by atoms with van der Waals surface area (Å²) >= 11 is 3.98. The Bertz CT molecular complexity index is 343. The van der Waals surface area contributed by atoms with Crippen molar-refractivity contribution in [1.82, 2.24) is 14.5 Å². The number of carbonyl (C=O) groups excluding carboxylic acids is 1. The van der Waals surface area contributed by atoms with E-state index in [4.69, 9.17) is 4.74 Å². The van der Waals surface area contributed by atoms with Crippen molar-refractivity contribution in [3.63, 3.8) is 0 Å². The number of hydrogen-bond donors (Lipinski definition) is 2. The van der Waals surface area contributed by atoms with Crippen LogP contribution in [-0.2, 0) is 11.3 Å². The Labute approximate surface area is 94.3 Å². The predicted octanol–water partition coefficient (Wildman–Crippen LogP) is 1.60. The monoisotopic (exact) mass is 229 g/mol. The van der Waals surface area contributed by atoms with Gasteiger partial charge >= 0.3 is 6.09 Å². The van der Waals surface area contributed by atoms with Gasteiger partial charge in [-0.3, -0.25) is 0 Å². The van der Waals surface area contributed by atoms with Crippen molar-refractivity contribution >= 4 is 18.9 Å². The molecule has 0 bridgehead atoms. The lowest BCUT2D eigenvalue weighted by Crippen LogP contribution is -2.32. The van der Waals surface area contributed by atoms with E-state index in [-0.39, 0.29) is 0 Å². The highest BCUT2D eigenvalue weighted by Crippen LogP contribution is 2.06. The van der Waals surface area contributed by atoms with Crippen LogP contribution in [0.25, 0.3) is 0 Å². The van der Waals surface area contributed by atoms with E-state index in [9.17, 15) is 4.79 Å². The summed E-state index contributed by atoms with van der Waals surface area (Å²) in [6.45, 7) is 5.84. The first kappa shape index (κ1) is 11.9. The number of nitrogens with one attached hydrogen (secondary N) is 1. The highest BCUT2D eigenvalue weighted by molar-refractivity contribution is 7.78. The van der Waals surface area contributed by atoms with Gasteiger partial charge in [-0.15, -0.1) is 0 Å². The van der Waals surface area contributed by atoms with Crippen LogP contribution in [-0.4, -0.2) is 20.9 Å². The molecule has 1 N–H and O–H groups in total. The summed E-state index contributed by atoms with van der Waals surface area (Å²) in [5.41, 5.74) is 0.397. The van der Waals surface area contributed by atoms with Gasteiger partial charge in [0.2, 0.25) is 0 Å². The summed E-state index contributed by atoms with van der Waals surface area (Å²) in [5.74, 6) is 0. The molecule has 6 heteroatoms. The Kier molecular flexibility index (Phi) is 3.62. The smallest absolute Gasteiger partial charge is 0.407 e. The van der Waals surface area contributed by atoms with Gasteiger partial charge in [-0.2, -0.15) is 5.10 Å². The summed E-state index contributed by atoms with van der Waals surface area (Å²) in [5, 5.41) is 6.48. The second kappa shape index (κ2) is 4.57. The lowest BCUT2D eigenvalue weighted by Gasteiger charge is -2.19. The first-order valence-electron chi connectivity index (χ1n) is 4.56. The van der Waals surface area contributed by atoms with Crippen LogP contribution in [0.2, 0.25) is 0 Å². The van der Waals surface area contributed by atoms with E-state index in [1.54, 1.807) is 12.4 Å². The van der Waals surface area contributed by atoms with Gasteiger partial charge in [-0.25, -0.2) is 8.88 Å². The minimum atomic E-state index is -0.474. The Morgan fingerprint density at radius 2 is 2.33 bits per heavy atom. The number of ether oxygens (including phenoxy) is 1. The van der Waals surface area contributed by atoms with Gasteiger partial charge in [-0.05, 0) is 33.6 Å². The molecule has 0 aliphatic rings. The molecule has 0 unspecified atom stereocenters. The van der Waals surface area contributed by atoms with Crippen LogP contribution in [0.1, 0.15) is 26.3 Å². The van der Waals surface area contributed by atoms with Crippen molar-refractivity contribution in [2.24, 2.45) is 0 Å². The van der Waals surface area contributed by atoms with Crippen LogP contribution in [0.4, 0.5) is 4.79 Å². The van der Waals surface area contributed by atoms with Crippen molar-refractivity contribution in [3.8, 4) is 0 Å². The number of nitrogens with zero attached hydrogens (tertiary/aromatic N) is 2. The highest BCUT2D eigenvalue weighted by Gasteiger charge is 2.15. The molecule has 5 nitrogen and oxygen atoms in total. The number of rotatable bonds is 2. The maximum atomic E-state index is 11.3. The van der Waals surface area contributed by atoms with E-state index in [1.165, 1.54) is 4.09 Å². The average molecular weight is 229 g/mol. The zero-order valence-corrected chi connectivity index (χ0v) is 9.91. The van der Waals surface area contributed by atoms with Crippen molar-refractivity contribution in [2.45, 2.75) is 32.9 Å². The van der Waals surface area contributed by atoms with Crippen molar-refractivity contribution in [2.75, 3.05) is 0 Å². The molecule has 0 radical (unpaired) electrons. The Balaban J connectivity index is 2.35. The van der Waals surface area contributed by atoms with Crippen LogP contribution in [0.15, 0.2) is 12.4 Å². The average Bonchev–Trinajstić information content (AvgIpc) is 2.45. The predicted molar refractivity (Wildman–Crippen MR) is 59.7 cm³/mol. The van der Waals surface area contributed by atoms with Gasteiger partial charge in [0, 0.05) is 18.3 Å². The van der Waals surface area contributed by atoms with Crippen LogP contribution in [0, 0.1) is 0 Å². The van der Waals surface area contributed by atoms with Crippen molar-refractivity contribution in [3.05, 3.63) is 18.0 Å². The molecule has 15 heavy (non-hydrogen) atoms. The Morgan fingerprint density at radius 3 is 2.80 bits per heavy atom. The maximum Gasteiger partial charge on any atom is 0.407 e. The fraction of sp³-hybridized carbons (Fsp3) is 0.556. The van der Waals surface area contributed by atoms with E-state index < -0.39 is 11.7 Å². The number of thiol groups is 1. The van der Waals surface area contributed by atoms with Crippen LogP contribution in [0.5, 0.6) is 0 Å². The highest BCUT2D eigenvalue weighted by atomic mass is 32.1. The van der Waals surface area contributed by atoms with Crippen molar-refractivity contribution in [1.29, 1.82) is 0 Å². The van der Waals surface area contributed by atoms with Crippen molar-refractivity contribution < 1.29 is 9.53 Å². The second-order valence-corrected chi connectivity index (χ2v) is 4.53. The molecule has 0 atom stereocenters. The lowest BCUT2D eigenvalue weighted by molar-refractivity contribution is 0.0523. The van der Waals surface area contributed by atoms with E-state index in [1.807, 2.05) is 20.8 Å². The normalized spacial score (nSPS) is 11.2. The third-order valence-electron chi connectivity index (χ3n) is 1.46. The molecule has 1 aromatic rings. The summed E-state index contributed by atoms with van der Waals surface area (Å²) in [6.07, 6.45) is 2.90. The quantitative estimate of drug-likeness (QED) is 0.757. The molecule has 0 aliphatic heterocycles. The molecule has 0 fully saturated rings. The Hall–Kier alpha value is -1.17. The third-order valence-corrected chi connectivity index (χ3v) is 1.68. The van der Waals surface area contributed by atoms with E-state index in [0.717, 1.165) is 5.56 Å². The number of aromatic nitrogens is 2. The second-order valence-electron chi connectivity index (χ2n) is 4.12. The molecular weight excluding hydrogens is 214 g/mol. The van der Waals surface area contributed by atoms with Gasteiger partial charge in [0.05, 0.1) is 6.20 Å². The molecule has 1 heterocycles. The molecule has 0 aromatic carbocycles. The zero-order valence-electron chi connectivity index (χ0n) is 9.02. The fourth-order valence-corrected chi connectivity index (χ4v) is 1.13. The van der Waals surface area contributed by atoms with Gasteiger partial charge in [0.25, 0.3) is 0 Å². The maximum absolute atomic E-state index is 11.3. The number of hydrogen-bond acceptors (Lipinski definition) is 4. The topological polar surface area (TPSA) is 56.1 Å². The molecule has 1 aromatic heterocycles. The molecule has 0 aliphatic carbocycles. The summed E-state index contributed by atoms with van der Waals surface area (Å²) in [4.78, 5) is 11.3. The summed E-state index contributed by atoms with van der Waals surface area (Å²) in [6, 6.07) is 0. The first-order valence-corrected chi connectivity index (χ1v) is 4.96. The SMILES string of the molecule is CC(C)(C)OC(=O)NCc1cnn(S)c1. The molecule has 84 valence electrons. The molecule has 0 saturated heterocycles. The Morgan fingerprint density at radius 1 is 1.67 bits per heavy atom. The van der Waals surface area contributed by atoms with Gasteiger partial charge in [0.1, 0.15) is 5.60 Å². The fourth-order valence-electron chi connectivity index (χ4n) is 0.928. The minimum absolute atomic E-state index is 0.384.